The fourth-order valence-corrected chi connectivity index (χ4v) is 2.35. The van der Waals surface area contributed by atoms with Crippen LogP contribution in [-0.4, -0.2) is 22.4 Å². The molecule has 0 bridgehead atoms. The number of alkyl halides is 3. The summed E-state index contributed by atoms with van der Waals surface area (Å²) in [6.07, 6.45) is -4.51. The van der Waals surface area contributed by atoms with Crippen LogP contribution in [0.3, 0.4) is 0 Å². The Bertz CT molecular complexity index is 826. The van der Waals surface area contributed by atoms with Gasteiger partial charge in [-0.25, -0.2) is 4.68 Å². The third kappa shape index (κ3) is 3.58. The zero-order chi connectivity index (χ0) is 18.1. The van der Waals surface area contributed by atoms with E-state index >= 15 is 0 Å². The zero-order valence-electron chi connectivity index (χ0n) is 13.5. The van der Waals surface area contributed by atoms with Gasteiger partial charge in [0.15, 0.2) is 0 Å². The SMILES string of the molecule is CCOC(=O)Cn1nc(C(C)C)c2cc(C(F)(F)F)ccc2c1=O. The third-order valence-corrected chi connectivity index (χ3v) is 3.45. The summed E-state index contributed by atoms with van der Waals surface area (Å²) in [4.78, 5) is 24.0. The van der Waals surface area contributed by atoms with E-state index in [0.717, 1.165) is 22.9 Å². The number of carbonyl (C=O) groups excluding carboxylic acids is 1. The maximum absolute atomic E-state index is 12.9. The topological polar surface area (TPSA) is 61.2 Å². The molecule has 1 aromatic heterocycles. The number of hydrogen-bond acceptors (Lipinski definition) is 4. The summed E-state index contributed by atoms with van der Waals surface area (Å²) >= 11 is 0. The molecule has 0 fully saturated rings. The van der Waals surface area contributed by atoms with Crippen molar-refractivity contribution < 1.29 is 22.7 Å². The highest BCUT2D eigenvalue weighted by molar-refractivity contribution is 5.85. The van der Waals surface area contributed by atoms with Crippen molar-refractivity contribution in [2.24, 2.45) is 0 Å². The van der Waals surface area contributed by atoms with Crippen molar-refractivity contribution in [1.82, 2.24) is 9.78 Å². The quantitative estimate of drug-likeness (QED) is 0.801. The van der Waals surface area contributed by atoms with E-state index in [0.29, 0.717) is 5.69 Å². The molecule has 0 N–H and O–H groups in total. The van der Waals surface area contributed by atoms with Crippen LogP contribution in [0.5, 0.6) is 0 Å². The fraction of sp³-hybridized carbons (Fsp3) is 0.438. The van der Waals surface area contributed by atoms with E-state index in [4.69, 9.17) is 4.74 Å². The van der Waals surface area contributed by atoms with Crippen LogP contribution in [0.2, 0.25) is 0 Å². The Morgan fingerprint density at radius 2 is 1.96 bits per heavy atom. The van der Waals surface area contributed by atoms with Crippen molar-refractivity contribution in [3.63, 3.8) is 0 Å². The molecule has 8 heteroatoms. The van der Waals surface area contributed by atoms with Crippen molar-refractivity contribution in [3.8, 4) is 0 Å². The minimum atomic E-state index is -4.51. The zero-order valence-corrected chi connectivity index (χ0v) is 13.5. The van der Waals surface area contributed by atoms with Crippen molar-refractivity contribution >= 4 is 16.7 Å². The van der Waals surface area contributed by atoms with Crippen LogP contribution in [-0.2, 0) is 22.3 Å². The lowest BCUT2D eigenvalue weighted by Gasteiger charge is -2.14. The predicted octanol–water partition coefficient (Wildman–Crippen LogP) is 3.10. The molecule has 0 amide bonds. The van der Waals surface area contributed by atoms with Gasteiger partial charge in [-0.3, -0.25) is 9.59 Å². The molecule has 0 unspecified atom stereocenters. The molecule has 0 saturated carbocycles. The molecular formula is C16H17F3N2O3. The van der Waals surface area contributed by atoms with Crippen molar-refractivity contribution in [2.45, 2.75) is 39.4 Å². The Hall–Kier alpha value is -2.38. The minimum Gasteiger partial charge on any atom is -0.465 e. The molecule has 2 rings (SSSR count). The van der Waals surface area contributed by atoms with Gasteiger partial charge in [0.2, 0.25) is 0 Å². The maximum atomic E-state index is 12.9. The lowest BCUT2D eigenvalue weighted by molar-refractivity contribution is -0.144. The standard InChI is InChI=1S/C16H17F3N2O3/c1-4-24-13(22)8-21-15(23)11-6-5-10(16(17,18)19)7-12(11)14(20-21)9(2)3/h5-7,9H,4,8H2,1-3H3. The first-order valence-electron chi connectivity index (χ1n) is 7.42. The molecule has 0 radical (unpaired) electrons. The first kappa shape index (κ1) is 18.0. The van der Waals surface area contributed by atoms with Crippen molar-refractivity contribution in [2.75, 3.05) is 6.61 Å². The molecule has 0 aliphatic rings. The van der Waals surface area contributed by atoms with Gasteiger partial charge in [0, 0.05) is 5.39 Å². The number of rotatable bonds is 4. The largest absolute Gasteiger partial charge is 0.465 e. The van der Waals surface area contributed by atoms with Crippen LogP contribution < -0.4 is 5.56 Å². The lowest BCUT2D eigenvalue weighted by atomic mass is 10.0. The van der Waals surface area contributed by atoms with Crippen LogP contribution in [0.1, 0.15) is 37.9 Å². The summed E-state index contributed by atoms with van der Waals surface area (Å²) in [7, 11) is 0. The molecule has 5 nitrogen and oxygen atoms in total. The molecule has 24 heavy (non-hydrogen) atoms. The van der Waals surface area contributed by atoms with Gasteiger partial charge in [0.05, 0.1) is 23.3 Å². The number of carbonyl (C=O) groups is 1. The number of benzene rings is 1. The summed E-state index contributed by atoms with van der Waals surface area (Å²) in [5, 5.41) is 4.31. The highest BCUT2D eigenvalue weighted by Gasteiger charge is 2.31. The Morgan fingerprint density at radius 1 is 1.29 bits per heavy atom. The highest BCUT2D eigenvalue weighted by atomic mass is 19.4. The van der Waals surface area contributed by atoms with E-state index < -0.39 is 23.3 Å². The van der Waals surface area contributed by atoms with E-state index in [9.17, 15) is 22.8 Å². The van der Waals surface area contributed by atoms with Crippen LogP contribution in [0.15, 0.2) is 23.0 Å². The van der Waals surface area contributed by atoms with E-state index in [1.807, 2.05) is 0 Å². The van der Waals surface area contributed by atoms with Gasteiger partial charge >= 0.3 is 12.1 Å². The van der Waals surface area contributed by atoms with Crippen molar-refractivity contribution in [1.29, 1.82) is 0 Å². The van der Waals surface area contributed by atoms with Crippen LogP contribution in [0.4, 0.5) is 13.2 Å². The molecular weight excluding hydrogens is 325 g/mol. The van der Waals surface area contributed by atoms with Gasteiger partial charge in [-0.2, -0.15) is 18.3 Å². The summed E-state index contributed by atoms with van der Waals surface area (Å²) < 4.78 is 44.5. The van der Waals surface area contributed by atoms with Crippen LogP contribution in [0, 0.1) is 0 Å². The first-order chi connectivity index (χ1) is 11.1. The first-order valence-corrected chi connectivity index (χ1v) is 7.42. The Labute approximate surface area is 136 Å². The summed E-state index contributed by atoms with van der Waals surface area (Å²) in [6.45, 7) is 4.91. The third-order valence-electron chi connectivity index (χ3n) is 3.45. The summed E-state index contributed by atoms with van der Waals surface area (Å²) in [5.41, 5.74) is -1.16. The van der Waals surface area contributed by atoms with E-state index in [2.05, 4.69) is 5.10 Å². The average Bonchev–Trinajstić information content (AvgIpc) is 2.48. The van der Waals surface area contributed by atoms with Gasteiger partial charge in [-0.1, -0.05) is 13.8 Å². The van der Waals surface area contributed by atoms with Gasteiger partial charge < -0.3 is 4.74 Å². The number of hydrogen-bond donors (Lipinski definition) is 0. The van der Waals surface area contributed by atoms with E-state index in [-0.39, 0.29) is 29.8 Å². The molecule has 0 saturated heterocycles. The average molecular weight is 342 g/mol. The number of ether oxygens (including phenoxy) is 1. The van der Waals surface area contributed by atoms with Gasteiger partial charge in [-0.15, -0.1) is 0 Å². The van der Waals surface area contributed by atoms with Crippen LogP contribution >= 0.6 is 0 Å². The second-order valence-electron chi connectivity index (χ2n) is 5.57. The molecule has 130 valence electrons. The van der Waals surface area contributed by atoms with Crippen molar-refractivity contribution in [3.05, 3.63) is 39.8 Å². The fourth-order valence-electron chi connectivity index (χ4n) is 2.35. The second kappa shape index (κ2) is 6.62. The highest BCUT2D eigenvalue weighted by Crippen LogP contribution is 2.32. The van der Waals surface area contributed by atoms with Gasteiger partial charge in [-0.05, 0) is 31.0 Å². The van der Waals surface area contributed by atoms with Gasteiger partial charge in [0.1, 0.15) is 6.54 Å². The number of nitrogens with zero attached hydrogens (tertiary/aromatic N) is 2. The molecule has 0 aliphatic carbocycles. The monoisotopic (exact) mass is 342 g/mol. The Morgan fingerprint density at radius 3 is 2.50 bits per heavy atom. The van der Waals surface area contributed by atoms with E-state index in [1.165, 1.54) is 0 Å². The minimum absolute atomic E-state index is 0.0889. The summed E-state index contributed by atoms with van der Waals surface area (Å²) in [6, 6.07) is 2.89. The molecule has 1 aromatic carbocycles. The second-order valence-corrected chi connectivity index (χ2v) is 5.57. The number of halogens is 3. The van der Waals surface area contributed by atoms with E-state index in [1.54, 1.807) is 20.8 Å². The predicted molar refractivity (Wildman–Crippen MR) is 81.7 cm³/mol. The smallest absolute Gasteiger partial charge is 0.416 e. The number of fused-ring (bicyclic) bond motifs is 1. The van der Waals surface area contributed by atoms with Gasteiger partial charge in [0.25, 0.3) is 5.56 Å². The Kier molecular flexibility index (Phi) is 4.96. The molecule has 0 aliphatic heterocycles. The molecule has 0 spiro atoms. The summed E-state index contributed by atoms with van der Waals surface area (Å²) in [5.74, 6) is -0.863. The Balaban J connectivity index is 2.68. The molecule has 0 atom stereocenters. The molecule has 2 aromatic rings. The number of esters is 1. The molecule has 1 heterocycles. The van der Waals surface area contributed by atoms with Crippen LogP contribution in [0.25, 0.3) is 10.8 Å². The maximum Gasteiger partial charge on any atom is 0.416 e. The number of aromatic nitrogens is 2. The normalized spacial score (nSPS) is 12.0. The lowest BCUT2D eigenvalue weighted by Crippen LogP contribution is -2.29.